The van der Waals surface area contributed by atoms with Crippen LogP contribution in [0.15, 0.2) is 36.5 Å². The molecule has 2 N–H and O–H groups in total. The van der Waals surface area contributed by atoms with Crippen LogP contribution in [0.2, 0.25) is 0 Å². The van der Waals surface area contributed by atoms with Crippen LogP contribution >= 0.6 is 0 Å². The summed E-state index contributed by atoms with van der Waals surface area (Å²) in [6, 6.07) is 8.81. The molecule has 1 heterocycles. The first-order valence-electron chi connectivity index (χ1n) is 9.98. The van der Waals surface area contributed by atoms with Crippen LogP contribution in [0.25, 0.3) is 6.08 Å². The molecule has 2 aliphatic carbocycles. The van der Waals surface area contributed by atoms with E-state index in [2.05, 4.69) is 57.0 Å². The van der Waals surface area contributed by atoms with Crippen molar-refractivity contribution in [2.45, 2.75) is 63.7 Å². The van der Waals surface area contributed by atoms with Gasteiger partial charge in [-0.2, -0.15) is 0 Å². The second-order valence-corrected chi connectivity index (χ2v) is 9.45. The molecule has 0 bridgehead atoms. The molecule has 4 rings (SSSR count). The maximum atomic E-state index is 11.7. The molecule has 1 aromatic heterocycles. The zero-order valence-electron chi connectivity index (χ0n) is 17.0. The number of pyridine rings is 1. The van der Waals surface area contributed by atoms with Gasteiger partial charge in [0, 0.05) is 12.1 Å². The van der Waals surface area contributed by atoms with Crippen molar-refractivity contribution in [1.29, 1.82) is 0 Å². The molecule has 0 saturated heterocycles. The molecule has 0 fully saturated rings. The molecular weight excluding hydrogens is 348 g/mol. The lowest BCUT2D eigenvalue weighted by molar-refractivity contribution is 0.0706. The van der Waals surface area contributed by atoms with Gasteiger partial charge in [0.05, 0.1) is 11.3 Å². The highest BCUT2D eigenvalue weighted by Gasteiger charge is 2.37. The van der Waals surface area contributed by atoms with Gasteiger partial charge in [0.25, 0.3) is 5.91 Å². The van der Waals surface area contributed by atoms with E-state index in [0.29, 0.717) is 5.56 Å². The van der Waals surface area contributed by atoms with E-state index in [1.54, 1.807) is 5.48 Å². The molecule has 1 atom stereocenters. The van der Waals surface area contributed by atoms with E-state index in [9.17, 15) is 4.79 Å². The van der Waals surface area contributed by atoms with Crippen LogP contribution in [0.5, 0.6) is 0 Å². The van der Waals surface area contributed by atoms with E-state index in [1.165, 1.54) is 35.7 Å². The Kier molecular flexibility index (Phi) is 4.42. The van der Waals surface area contributed by atoms with E-state index in [4.69, 9.17) is 5.21 Å². The number of amides is 1. The van der Waals surface area contributed by atoms with Gasteiger partial charge >= 0.3 is 0 Å². The summed E-state index contributed by atoms with van der Waals surface area (Å²) in [4.78, 5) is 16.1. The predicted molar refractivity (Wildman–Crippen MR) is 111 cm³/mol. The van der Waals surface area contributed by atoms with Crippen LogP contribution in [-0.4, -0.2) is 16.1 Å². The van der Waals surface area contributed by atoms with Gasteiger partial charge in [-0.05, 0) is 64.5 Å². The minimum Gasteiger partial charge on any atom is -0.288 e. The van der Waals surface area contributed by atoms with E-state index < -0.39 is 5.91 Å². The van der Waals surface area contributed by atoms with E-state index >= 15 is 0 Å². The van der Waals surface area contributed by atoms with Crippen molar-refractivity contribution in [2.24, 2.45) is 0 Å². The van der Waals surface area contributed by atoms with Crippen LogP contribution in [0.3, 0.4) is 0 Å². The summed E-state index contributed by atoms with van der Waals surface area (Å²) in [5, 5.41) is 8.88. The van der Waals surface area contributed by atoms with Crippen molar-refractivity contribution >= 4 is 12.0 Å². The lowest BCUT2D eigenvalue weighted by atomic mass is 9.62. The van der Waals surface area contributed by atoms with Gasteiger partial charge in [-0.1, -0.05) is 52.0 Å². The van der Waals surface area contributed by atoms with Crippen molar-refractivity contribution in [2.75, 3.05) is 0 Å². The van der Waals surface area contributed by atoms with Gasteiger partial charge in [0.2, 0.25) is 0 Å². The average Bonchev–Trinajstić information content (AvgIpc) is 2.70. The summed E-state index contributed by atoms with van der Waals surface area (Å²) in [6.45, 7) is 9.38. The molecule has 1 unspecified atom stereocenters. The predicted octanol–water partition coefficient (Wildman–Crippen LogP) is 4.90. The molecule has 4 nitrogen and oxygen atoms in total. The Morgan fingerprint density at radius 2 is 1.82 bits per heavy atom. The molecule has 0 spiro atoms. The molecule has 1 amide bonds. The first-order valence-corrected chi connectivity index (χ1v) is 9.98. The summed E-state index contributed by atoms with van der Waals surface area (Å²) >= 11 is 0. The van der Waals surface area contributed by atoms with Crippen LogP contribution in [0.4, 0.5) is 0 Å². The summed E-state index contributed by atoms with van der Waals surface area (Å²) in [5.74, 6) is -0.271. The SMILES string of the molecule is CC1(C)CCC(C)(C)c2cc(C3C=Cc4ncc(C(=O)NO)cc4C3)ccc21. The molecule has 0 aliphatic heterocycles. The molecule has 1 aromatic carbocycles. The highest BCUT2D eigenvalue weighted by molar-refractivity contribution is 5.93. The topological polar surface area (TPSA) is 62.2 Å². The van der Waals surface area contributed by atoms with E-state index in [0.717, 1.165) is 17.7 Å². The summed E-state index contributed by atoms with van der Waals surface area (Å²) in [7, 11) is 0. The number of hydrogen-bond acceptors (Lipinski definition) is 3. The number of carbonyl (C=O) groups is 1. The Labute approximate surface area is 166 Å². The van der Waals surface area contributed by atoms with Crippen molar-refractivity contribution in [3.05, 3.63) is 70.0 Å². The number of aromatic nitrogens is 1. The number of rotatable bonds is 2. The minimum absolute atomic E-state index is 0.186. The molecule has 0 saturated carbocycles. The van der Waals surface area contributed by atoms with Crippen molar-refractivity contribution in [3.63, 3.8) is 0 Å². The quantitative estimate of drug-likeness (QED) is 0.579. The lowest BCUT2D eigenvalue weighted by Crippen LogP contribution is -2.34. The number of carbonyl (C=O) groups excluding carboxylic acids is 1. The first-order chi connectivity index (χ1) is 13.2. The molecule has 2 aliphatic rings. The highest BCUT2D eigenvalue weighted by atomic mass is 16.5. The Morgan fingerprint density at radius 1 is 1.11 bits per heavy atom. The largest absolute Gasteiger partial charge is 0.288 e. The fourth-order valence-electron chi connectivity index (χ4n) is 4.60. The van der Waals surface area contributed by atoms with Gasteiger partial charge in [-0.3, -0.25) is 15.0 Å². The van der Waals surface area contributed by atoms with E-state index in [1.807, 2.05) is 12.1 Å². The molecule has 28 heavy (non-hydrogen) atoms. The zero-order valence-corrected chi connectivity index (χ0v) is 17.0. The number of nitrogens with one attached hydrogen (secondary N) is 1. The van der Waals surface area contributed by atoms with Gasteiger partial charge in [0.1, 0.15) is 0 Å². The maximum Gasteiger partial charge on any atom is 0.276 e. The Morgan fingerprint density at radius 3 is 2.54 bits per heavy atom. The monoisotopic (exact) mass is 376 g/mol. The normalized spacial score (nSPS) is 21.5. The number of hydroxylamine groups is 1. The minimum atomic E-state index is -0.529. The Hall–Kier alpha value is -2.46. The fourth-order valence-corrected chi connectivity index (χ4v) is 4.60. The lowest BCUT2D eigenvalue weighted by Gasteiger charge is -2.42. The summed E-state index contributed by atoms with van der Waals surface area (Å²) < 4.78 is 0. The number of hydrogen-bond donors (Lipinski definition) is 2. The van der Waals surface area contributed by atoms with Gasteiger partial charge in [0.15, 0.2) is 0 Å². The number of nitrogens with zero attached hydrogens (tertiary/aromatic N) is 1. The molecule has 4 heteroatoms. The third-order valence-corrected chi connectivity index (χ3v) is 6.60. The van der Waals surface area contributed by atoms with E-state index in [-0.39, 0.29) is 16.7 Å². The van der Waals surface area contributed by atoms with Crippen LogP contribution < -0.4 is 5.48 Å². The van der Waals surface area contributed by atoms with Crippen molar-refractivity contribution in [1.82, 2.24) is 10.5 Å². The third-order valence-electron chi connectivity index (χ3n) is 6.60. The summed E-state index contributed by atoms with van der Waals surface area (Å²) in [6.07, 6.45) is 8.96. The highest BCUT2D eigenvalue weighted by Crippen LogP contribution is 2.46. The maximum absolute atomic E-state index is 11.7. The van der Waals surface area contributed by atoms with Crippen LogP contribution in [-0.2, 0) is 17.3 Å². The van der Waals surface area contributed by atoms with Crippen LogP contribution in [0, 0.1) is 0 Å². The molecule has 0 radical (unpaired) electrons. The Balaban J connectivity index is 1.70. The van der Waals surface area contributed by atoms with Gasteiger partial charge in [-0.25, -0.2) is 5.48 Å². The third kappa shape index (κ3) is 3.16. The van der Waals surface area contributed by atoms with Crippen molar-refractivity contribution in [3.8, 4) is 0 Å². The van der Waals surface area contributed by atoms with Gasteiger partial charge < -0.3 is 0 Å². The fraction of sp³-hybridized carbons (Fsp3) is 0.417. The smallest absolute Gasteiger partial charge is 0.276 e. The number of fused-ring (bicyclic) bond motifs is 2. The van der Waals surface area contributed by atoms with Crippen molar-refractivity contribution < 1.29 is 10.0 Å². The zero-order chi connectivity index (χ0) is 20.1. The number of benzene rings is 1. The molecule has 2 aromatic rings. The van der Waals surface area contributed by atoms with Crippen LogP contribution in [0.1, 0.15) is 84.8 Å². The standard InChI is InChI=1S/C24H28N2O2/c1-23(2)9-10-24(3,4)20-13-16(5-7-19(20)23)15-6-8-21-17(11-15)12-18(14-25-21)22(27)26-28/h5-8,12-15,28H,9-11H2,1-4H3,(H,26,27). The number of allylic oxidation sites excluding steroid dienone is 1. The summed E-state index contributed by atoms with van der Waals surface area (Å²) in [5.41, 5.74) is 8.64. The Bertz CT molecular complexity index is 973. The van der Waals surface area contributed by atoms with Gasteiger partial charge in [-0.15, -0.1) is 0 Å². The first kappa shape index (κ1) is 18.9. The average molecular weight is 377 g/mol. The molecular formula is C24H28N2O2. The molecule has 146 valence electrons. The second-order valence-electron chi connectivity index (χ2n) is 9.45. The second kappa shape index (κ2) is 6.56.